The van der Waals surface area contributed by atoms with Gasteiger partial charge in [0.05, 0.1) is 11.2 Å². The highest BCUT2D eigenvalue weighted by molar-refractivity contribution is 8.13. The Hall–Kier alpha value is -4.10. The van der Waals surface area contributed by atoms with Gasteiger partial charge >= 0.3 is 0 Å². The molecule has 0 saturated carbocycles. The molecule has 0 N–H and O–H groups in total. The predicted molar refractivity (Wildman–Crippen MR) is 140 cm³/mol. The number of aliphatic imine (C=N–C) groups is 1. The Kier molecular flexibility index (Phi) is 5.47. The Bertz CT molecular complexity index is 1510. The third-order valence-electron chi connectivity index (χ3n) is 5.89. The molecule has 0 spiro atoms. The number of pyridine rings is 1. The molecule has 0 aliphatic carbocycles. The Morgan fingerprint density at radius 3 is 2.71 bits per heavy atom. The van der Waals surface area contributed by atoms with Crippen LogP contribution in [0.25, 0.3) is 17.0 Å². The van der Waals surface area contributed by atoms with Gasteiger partial charge in [-0.05, 0) is 54.5 Å². The molecule has 0 radical (unpaired) electrons. The topological polar surface area (TPSA) is 64.0 Å². The van der Waals surface area contributed by atoms with Gasteiger partial charge in [-0.25, -0.2) is 4.99 Å². The number of amidine groups is 1. The van der Waals surface area contributed by atoms with Crippen LogP contribution in [-0.2, 0) is 10.5 Å². The van der Waals surface area contributed by atoms with Crippen LogP contribution in [0.3, 0.4) is 0 Å². The van der Waals surface area contributed by atoms with Gasteiger partial charge in [0.1, 0.15) is 5.70 Å². The quantitative estimate of drug-likeness (QED) is 0.339. The highest BCUT2D eigenvalue weighted by Gasteiger charge is 2.32. The fraction of sp³-hybridized carbons (Fsp3) is 0.107. The van der Waals surface area contributed by atoms with Gasteiger partial charge in [0.25, 0.3) is 5.91 Å². The van der Waals surface area contributed by atoms with Crippen molar-refractivity contribution in [3.63, 3.8) is 0 Å². The molecule has 7 heteroatoms. The lowest BCUT2D eigenvalue weighted by molar-refractivity contribution is -0.113. The molecular weight excluding hydrogens is 458 g/mol. The Morgan fingerprint density at radius 1 is 1.00 bits per heavy atom. The molecule has 0 saturated heterocycles. The zero-order valence-corrected chi connectivity index (χ0v) is 19.8. The average molecular weight is 480 g/mol. The van der Waals surface area contributed by atoms with E-state index >= 15 is 0 Å². The van der Waals surface area contributed by atoms with Crippen molar-refractivity contribution in [2.75, 3.05) is 11.7 Å². The minimum Gasteiger partial charge on any atom is -0.454 e. The number of hydrogen-bond acceptors (Lipinski definition) is 6. The van der Waals surface area contributed by atoms with Crippen molar-refractivity contribution in [2.45, 2.75) is 12.7 Å². The number of carbonyl (C=O) groups excluding carboxylic acids is 1. The number of carbonyl (C=O) groups is 1. The number of benzene rings is 3. The molecule has 0 atom stereocenters. The monoisotopic (exact) mass is 479 g/mol. The summed E-state index contributed by atoms with van der Waals surface area (Å²) in [5.41, 5.74) is 5.19. The number of hydrogen-bond donors (Lipinski definition) is 0. The molecule has 2 aliphatic heterocycles. The molecule has 172 valence electrons. The normalized spacial score (nSPS) is 15.8. The van der Waals surface area contributed by atoms with E-state index in [0.717, 1.165) is 33.3 Å². The maximum Gasteiger partial charge on any atom is 0.283 e. The number of thioether (sulfide) groups is 1. The SMILES string of the molecule is Cc1ccc(N2C(=O)/C(=C\c3ccc4c(c3)OCO4)N=C2SCc2cccc3cccnc23)cc1. The number of amides is 1. The molecule has 6 nitrogen and oxygen atoms in total. The smallest absolute Gasteiger partial charge is 0.283 e. The summed E-state index contributed by atoms with van der Waals surface area (Å²) in [7, 11) is 0. The van der Waals surface area contributed by atoms with E-state index in [2.05, 4.69) is 23.2 Å². The van der Waals surface area contributed by atoms with Crippen LogP contribution in [0.4, 0.5) is 5.69 Å². The number of fused-ring (bicyclic) bond motifs is 2. The van der Waals surface area contributed by atoms with Crippen molar-refractivity contribution < 1.29 is 14.3 Å². The molecule has 3 aromatic carbocycles. The lowest BCUT2D eigenvalue weighted by Crippen LogP contribution is -2.30. The third-order valence-corrected chi connectivity index (χ3v) is 6.88. The van der Waals surface area contributed by atoms with Crippen molar-refractivity contribution in [1.29, 1.82) is 0 Å². The summed E-state index contributed by atoms with van der Waals surface area (Å²) in [4.78, 5) is 24.5. The van der Waals surface area contributed by atoms with E-state index in [0.29, 0.717) is 28.1 Å². The number of ether oxygens (including phenoxy) is 2. The summed E-state index contributed by atoms with van der Waals surface area (Å²) >= 11 is 1.53. The minimum atomic E-state index is -0.162. The van der Waals surface area contributed by atoms with Crippen LogP contribution >= 0.6 is 11.8 Å². The molecule has 0 fully saturated rings. The number of aromatic nitrogens is 1. The van der Waals surface area contributed by atoms with Gasteiger partial charge in [-0.1, -0.05) is 59.8 Å². The van der Waals surface area contributed by atoms with Crippen LogP contribution in [0.5, 0.6) is 11.5 Å². The molecule has 2 aliphatic rings. The Morgan fingerprint density at radius 2 is 1.83 bits per heavy atom. The Labute approximate surface area is 206 Å². The van der Waals surface area contributed by atoms with Crippen LogP contribution < -0.4 is 14.4 Å². The summed E-state index contributed by atoms with van der Waals surface area (Å²) in [5.74, 6) is 1.85. The number of aryl methyl sites for hydroxylation is 1. The van der Waals surface area contributed by atoms with Gasteiger partial charge in [0.15, 0.2) is 16.7 Å². The molecule has 35 heavy (non-hydrogen) atoms. The lowest BCUT2D eigenvalue weighted by Gasteiger charge is -2.18. The van der Waals surface area contributed by atoms with Crippen LogP contribution in [0.1, 0.15) is 16.7 Å². The number of anilines is 1. The summed E-state index contributed by atoms with van der Waals surface area (Å²) in [6.45, 7) is 2.23. The van der Waals surface area contributed by atoms with E-state index in [1.807, 2.05) is 61.5 Å². The fourth-order valence-electron chi connectivity index (χ4n) is 4.10. The molecular formula is C28H21N3O3S. The first-order chi connectivity index (χ1) is 17.2. The van der Waals surface area contributed by atoms with E-state index in [1.165, 1.54) is 11.8 Å². The number of nitrogens with zero attached hydrogens (tertiary/aromatic N) is 3. The second-order valence-electron chi connectivity index (χ2n) is 8.29. The van der Waals surface area contributed by atoms with Gasteiger partial charge in [0, 0.05) is 17.3 Å². The molecule has 0 bridgehead atoms. The average Bonchev–Trinajstić information content (AvgIpc) is 3.47. The van der Waals surface area contributed by atoms with Gasteiger partial charge in [-0.3, -0.25) is 14.7 Å². The van der Waals surface area contributed by atoms with Crippen molar-refractivity contribution in [1.82, 2.24) is 4.98 Å². The molecule has 1 aromatic heterocycles. The highest BCUT2D eigenvalue weighted by atomic mass is 32.2. The zero-order chi connectivity index (χ0) is 23.8. The number of para-hydroxylation sites is 1. The number of rotatable bonds is 4. The zero-order valence-electron chi connectivity index (χ0n) is 19.0. The first-order valence-corrected chi connectivity index (χ1v) is 12.2. The minimum absolute atomic E-state index is 0.162. The highest BCUT2D eigenvalue weighted by Crippen LogP contribution is 2.35. The van der Waals surface area contributed by atoms with Gasteiger partial charge < -0.3 is 9.47 Å². The molecule has 0 unspecified atom stereocenters. The lowest BCUT2D eigenvalue weighted by atomic mass is 10.1. The summed E-state index contributed by atoms with van der Waals surface area (Å²) in [6.07, 6.45) is 3.59. The van der Waals surface area contributed by atoms with Crippen molar-refractivity contribution in [3.8, 4) is 11.5 Å². The summed E-state index contributed by atoms with van der Waals surface area (Å²) < 4.78 is 10.9. The third kappa shape index (κ3) is 4.15. The van der Waals surface area contributed by atoms with E-state index in [-0.39, 0.29) is 12.7 Å². The molecule has 3 heterocycles. The first kappa shape index (κ1) is 21.4. The fourth-order valence-corrected chi connectivity index (χ4v) is 5.10. The molecule has 1 amide bonds. The first-order valence-electron chi connectivity index (χ1n) is 11.2. The van der Waals surface area contributed by atoms with Gasteiger partial charge in [-0.2, -0.15) is 0 Å². The predicted octanol–water partition coefficient (Wildman–Crippen LogP) is 5.95. The van der Waals surface area contributed by atoms with Crippen molar-refractivity contribution in [3.05, 3.63) is 101 Å². The Balaban J connectivity index is 1.35. The van der Waals surface area contributed by atoms with E-state index in [4.69, 9.17) is 14.5 Å². The molecule has 6 rings (SSSR count). The summed E-state index contributed by atoms with van der Waals surface area (Å²) in [6, 6.07) is 23.6. The van der Waals surface area contributed by atoms with E-state index < -0.39 is 0 Å². The standard InChI is InChI=1S/C28H21N3O3S/c1-18-7-10-22(11-8-18)31-27(32)23(14-19-9-12-24-25(15-19)34-17-33-24)30-28(31)35-16-21-5-2-4-20-6-3-13-29-26(20)21/h2-15H,16-17H2,1H3/b23-14+. The summed E-state index contributed by atoms with van der Waals surface area (Å²) in [5, 5.41) is 1.73. The van der Waals surface area contributed by atoms with Crippen LogP contribution in [0, 0.1) is 6.92 Å². The van der Waals surface area contributed by atoms with Crippen molar-refractivity contribution in [2.24, 2.45) is 4.99 Å². The maximum absolute atomic E-state index is 13.5. The van der Waals surface area contributed by atoms with Crippen LogP contribution in [-0.4, -0.2) is 22.9 Å². The largest absolute Gasteiger partial charge is 0.454 e. The molecule has 4 aromatic rings. The van der Waals surface area contributed by atoms with Gasteiger partial charge in [-0.15, -0.1) is 0 Å². The van der Waals surface area contributed by atoms with Gasteiger partial charge in [0.2, 0.25) is 6.79 Å². The van der Waals surface area contributed by atoms with E-state index in [9.17, 15) is 4.79 Å². The second kappa shape index (κ2) is 8.92. The van der Waals surface area contributed by atoms with Crippen LogP contribution in [0.2, 0.25) is 0 Å². The van der Waals surface area contributed by atoms with Crippen LogP contribution in [0.15, 0.2) is 89.7 Å². The van der Waals surface area contributed by atoms with E-state index in [1.54, 1.807) is 17.2 Å². The maximum atomic E-state index is 13.5. The second-order valence-corrected chi connectivity index (χ2v) is 9.24. The van der Waals surface area contributed by atoms with Crippen molar-refractivity contribution >= 4 is 45.5 Å².